The lowest BCUT2D eigenvalue weighted by molar-refractivity contribution is -0.119. The molecule has 150 valence electrons. The number of anilines is 1. The van der Waals surface area contributed by atoms with Crippen molar-refractivity contribution in [1.29, 1.82) is 0 Å². The number of halogens is 1. The SMILES string of the molecule is COc1ccc(OC)c([C@@H]2CC(=O)N(c3ccccc3Cl)C3=C2C(=O)CCC3)c1. The number of para-hydroxylation sites is 1. The predicted molar refractivity (Wildman–Crippen MR) is 112 cm³/mol. The fraction of sp³-hybridized carbons (Fsp3) is 0.304. The molecule has 0 spiro atoms. The third-order valence-corrected chi connectivity index (χ3v) is 5.90. The molecule has 29 heavy (non-hydrogen) atoms. The van der Waals surface area contributed by atoms with Crippen LogP contribution in [0.15, 0.2) is 53.7 Å². The number of amides is 1. The number of allylic oxidation sites excluding steroid dienone is 2. The van der Waals surface area contributed by atoms with Gasteiger partial charge in [0.05, 0.1) is 24.9 Å². The van der Waals surface area contributed by atoms with Crippen LogP contribution >= 0.6 is 11.6 Å². The second-order valence-corrected chi connectivity index (χ2v) is 7.59. The minimum Gasteiger partial charge on any atom is -0.497 e. The third-order valence-electron chi connectivity index (χ3n) is 5.58. The van der Waals surface area contributed by atoms with Crippen molar-refractivity contribution >= 4 is 29.0 Å². The van der Waals surface area contributed by atoms with Gasteiger partial charge in [0.2, 0.25) is 5.91 Å². The number of carbonyl (C=O) groups excluding carboxylic acids is 2. The Hall–Kier alpha value is -2.79. The normalized spacial score (nSPS) is 19.3. The molecule has 1 atom stereocenters. The Balaban J connectivity index is 1.91. The second-order valence-electron chi connectivity index (χ2n) is 7.18. The van der Waals surface area contributed by atoms with Crippen LogP contribution < -0.4 is 14.4 Å². The average molecular weight is 412 g/mol. The summed E-state index contributed by atoms with van der Waals surface area (Å²) in [6.45, 7) is 0. The monoisotopic (exact) mass is 411 g/mol. The van der Waals surface area contributed by atoms with Crippen LogP contribution in [0.25, 0.3) is 0 Å². The molecule has 2 aliphatic rings. The van der Waals surface area contributed by atoms with Crippen molar-refractivity contribution in [2.24, 2.45) is 0 Å². The van der Waals surface area contributed by atoms with Gasteiger partial charge >= 0.3 is 0 Å². The van der Waals surface area contributed by atoms with Gasteiger partial charge in [-0.25, -0.2) is 0 Å². The summed E-state index contributed by atoms with van der Waals surface area (Å²) in [5, 5.41) is 0.489. The van der Waals surface area contributed by atoms with Gasteiger partial charge in [-0.1, -0.05) is 23.7 Å². The highest BCUT2D eigenvalue weighted by atomic mass is 35.5. The molecule has 2 aromatic carbocycles. The minimum atomic E-state index is -0.367. The van der Waals surface area contributed by atoms with E-state index in [1.807, 2.05) is 30.3 Å². The van der Waals surface area contributed by atoms with Gasteiger partial charge in [-0.3, -0.25) is 14.5 Å². The lowest BCUT2D eigenvalue weighted by atomic mass is 9.76. The summed E-state index contributed by atoms with van der Waals surface area (Å²) in [6.07, 6.45) is 2.01. The maximum Gasteiger partial charge on any atom is 0.232 e. The first-order chi connectivity index (χ1) is 14.0. The Morgan fingerprint density at radius 1 is 1.03 bits per heavy atom. The fourth-order valence-corrected chi connectivity index (χ4v) is 4.50. The Labute approximate surface area is 174 Å². The van der Waals surface area contributed by atoms with Crippen molar-refractivity contribution < 1.29 is 19.1 Å². The van der Waals surface area contributed by atoms with E-state index in [9.17, 15) is 9.59 Å². The van der Waals surface area contributed by atoms with E-state index < -0.39 is 0 Å². The summed E-state index contributed by atoms with van der Waals surface area (Å²) in [4.78, 5) is 28.0. The van der Waals surface area contributed by atoms with Gasteiger partial charge in [0, 0.05) is 35.6 Å². The Bertz CT molecular complexity index is 1010. The van der Waals surface area contributed by atoms with Crippen LogP contribution in [0.1, 0.15) is 37.2 Å². The molecule has 0 saturated heterocycles. The molecule has 5 nitrogen and oxygen atoms in total. The molecule has 6 heteroatoms. The highest BCUT2D eigenvalue weighted by Crippen LogP contribution is 2.47. The lowest BCUT2D eigenvalue weighted by Crippen LogP contribution is -2.40. The highest BCUT2D eigenvalue weighted by molar-refractivity contribution is 6.34. The van der Waals surface area contributed by atoms with Crippen LogP contribution in [0.4, 0.5) is 5.69 Å². The Morgan fingerprint density at radius 3 is 2.55 bits per heavy atom. The molecule has 2 aromatic rings. The zero-order chi connectivity index (χ0) is 20.5. The first-order valence-electron chi connectivity index (χ1n) is 9.60. The van der Waals surface area contributed by atoms with E-state index in [0.29, 0.717) is 47.0 Å². The quantitative estimate of drug-likeness (QED) is 0.719. The summed E-state index contributed by atoms with van der Waals surface area (Å²) in [5.74, 6) is 0.924. The van der Waals surface area contributed by atoms with Gasteiger partial charge in [0.15, 0.2) is 5.78 Å². The van der Waals surface area contributed by atoms with Crippen LogP contribution in [0, 0.1) is 0 Å². The summed E-state index contributed by atoms with van der Waals surface area (Å²) in [5.41, 5.74) is 2.85. The number of hydrogen-bond acceptors (Lipinski definition) is 4. The number of rotatable bonds is 4. The molecule has 0 bridgehead atoms. The van der Waals surface area contributed by atoms with Crippen molar-refractivity contribution in [3.05, 3.63) is 64.3 Å². The van der Waals surface area contributed by atoms with Gasteiger partial charge in [0.25, 0.3) is 0 Å². The first-order valence-corrected chi connectivity index (χ1v) is 9.98. The zero-order valence-electron chi connectivity index (χ0n) is 16.4. The number of Topliss-reactive ketones (excluding diaryl/α,β-unsaturated/α-hetero) is 1. The maximum absolute atomic E-state index is 13.3. The van der Waals surface area contributed by atoms with Crippen LogP contribution in [0.3, 0.4) is 0 Å². The number of methoxy groups -OCH3 is 2. The van der Waals surface area contributed by atoms with E-state index >= 15 is 0 Å². The smallest absolute Gasteiger partial charge is 0.232 e. The van der Waals surface area contributed by atoms with E-state index in [1.165, 1.54) is 0 Å². The molecule has 0 fully saturated rings. The predicted octanol–water partition coefficient (Wildman–Crippen LogP) is 4.88. The summed E-state index contributed by atoms with van der Waals surface area (Å²) in [6, 6.07) is 12.7. The molecule has 1 aliphatic carbocycles. The number of benzene rings is 2. The summed E-state index contributed by atoms with van der Waals surface area (Å²) >= 11 is 6.39. The molecule has 0 radical (unpaired) electrons. The number of carbonyl (C=O) groups is 2. The maximum atomic E-state index is 13.3. The molecule has 0 saturated carbocycles. The van der Waals surface area contributed by atoms with Crippen LogP contribution in [-0.2, 0) is 9.59 Å². The fourth-order valence-electron chi connectivity index (χ4n) is 4.28. The molecule has 0 aromatic heterocycles. The molecular formula is C23H22ClNO4. The number of ketones is 1. The lowest BCUT2D eigenvalue weighted by Gasteiger charge is -2.39. The van der Waals surface area contributed by atoms with Crippen molar-refractivity contribution in [2.45, 2.75) is 31.6 Å². The van der Waals surface area contributed by atoms with Crippen LogP contribution in [0.5, 0.6) is 11.5 Å². The summed E-state index contributed by atoms with van der Waals surface area (Å²) in [7, 11) is 3.18. The summed E-state index contributed by atoms with van der Waals surface area (Å²) < 4.78 is 10.9. The first kappa shape index (κ1) is 19.5. The van der Waals surface area contributed by atoms with Gasteiger partial charge in [-0.2, -0.15) is 0 Å². The van der Waals surface area contributed by atoms with E-state index in [0.717, 1.165) is 11.3 Å². The number of ether oxygens (including phenoxy) is 2. The van der Waals surface area contributed by atoms with Crippen LogP contribution in [0.2, 0.25) is 5.02 Å². The molecule has 4 rings (SSSR count). The number of nitrogens with zero attached hydrogens (tertiary/aromatic N) is 1. The largest absolute Gasteiger partial charge is 0.497 e. The van der Waals surface area contributed by atoms with E-state index in [1.54, 1.807) is 31.3 Å². The highest BCUT2D eigenvalue weighted by Gasteiger charge is 2.41. The van der Waals surface area contributed by atoms with Crippen molar-refractivity contribution in [2.75, 3.05) is 19.1 Å². The average Bonchev–Trinajstić information content (AvgIpc) is 2.73. The topological polar surface area (TPSA) is 55.8 Å². The molecular weight excluding hydrogens is 390 g/mol. The zero-order valence-corrected chi connectivity index (χ0v) is 17.2. The van der Waals surface area contributed by atoms with Gasteiger partial charge in [-0.05, 0) is 43.2 Å². The Morgan fingerprint density at radius 2 is 1.83 bits per heavy atom. The Kier molecular flexibility index (Phi) is 5.33. The van der Waals surface area contributed by atoms with E-state index in [2.05, 4.69) is 0 Å². The minimum absolute atomic E-state index is 0.0747. The van der Waals surface area contributed by atoms with Crippen LogP contribution in [-0.4, -0.2) is 25.9 Å². The van der Waals surface area contributed by atoms with E-state index in [4.69, 9.17) is 21.1 Å². The van der Waals surface area contributed by atoms with Crippen molar-refractivity contribution in [3.63, 3.8) is 0 Å². The van der Waals surface area contributed by atoms with Crippen molar-refractivity contribution in [1.82, 2.24) is 0 Å². The van der Waals surface area contributed by atoms with Gasteiger partial charge < -0.3 is 9.47 Å². The molecule has 1 amide bonds. The molecule has 0 N–H and O–H groups in total. The van der Waals surface area contributed by atoms with Gasteiger partial charge in [0.1, 0.15) is 11.5 Å². The van der Waals surface area contributed by atoms with Gasteiger partial charge in [-0.15, -0.1) is 0 Å². The third kappa shape index (κ3) is 3.40. The van der Waals surface area contributed by atoms with E-state index in [-0.39, 0.29) is 24.0 Å². The molecule has 0 unspecified atom stereocenters. The molecule has 1 aliphatic heterocycles. The van der Waals surface area contributed by atoms with Crippen molar-refractivity contribution in [3.8, 4) is 11.5 Å². The molecule has 1 heterocycles. The standard InChI is InChI=1S/C23H22ClNO4/c1-28-14-10-11-21(29-2)15(12-14)16-13-22(27)25(18-7-4-3-6-17(18)24)19-8-5-9-20(26)23(16)19/h3-4,6-7,10-12,16H,5,8-9,13H2,1-2H3/t16-/m0/s1. The second kappa shape index (κ2) is 7.91. The number of hydrogen-bond donors (Lipinski definition) is 0.